The van der Waals surface area contributed by atoms with Gasteiger partial charge in [0.05, 0.1) is 36.9 Å². The molecule has 0 atom stereocenters. The lowest BCUT2D eigenvalue weighted by atomic mass is 10.0. The van der Waals surface area contributed by atoms with Crippen LogP contribution >= 0.6 is 23.2 Å². The molecule has 12 nitrogen and oxygen atoms in total. The fourth-order valence-corrected chi connectivity index (χ4v) is 5.35. The molecule has 4 rings (SSSR count). The number of fused-ring (bicyclic) bond motifs is 1. The van der Waals surface area contributed by atoms with Crippen LogP contribution < -0.4 is 20.3 Å². The highest BCUT2D eigenvalue weighted by molar-refractivity contribution is 6.41. The average Bonchev–Trinajstić information content (AvgIpc) is 3.08. The first-order valence-electron chi connectivity index (χ1n) is 14.7. The van der Waals surface area contributed by atoms with Crippen molar-refractivity contribution in [2.45, 2.75) is 40.7 Å². The molecule has 246 valence electrons. The lowest BCUT2D eigenvalue weighted by Crippen LogP contribution is -2.48. The summed E-state index contributed by atoms with van der Waals surface area (Å²) in [5.74, 6) is 0.475. The Morgan fingerprint density at radius 3 is 2.11 bits per heavy atom. The monoisotopic (exact) mass is 664 g/mol. The van der Waals surface area contributed by atoms with Crippen molar-refractivity contribution < 1.29 is 23.8 Å². The Bertz CT molecular complexity index is 1510. The third-order valence-corrected chi connectivity index (χ3v) is 7.53. The van der Waals surface area contributed by atoms with Crippen molar-refractivity contribution in [3.8, 4) is 22.6 Å². The normalized spacial score (nSPS) is 12.7. The topological polar surface area (TPSA) is 128 Å². The second-order valence-corrected chi connectivity index (χ2v) is 9.87. The molecule has 3 aromatic rings. The Hall–Kier alpha value is -3.87. The Kier molecular flexibility index (Phi) is 15.1. The molecule has 2 amide bonds. The number of nitrogens with one attached hydrogen (secondary N) is 1. The van der Waals surface area contributed by atoms with E-state index >= 15 is 0 Å². The number of halogens is 2. The summed E-state index contributed by atoms with van der Waals surface area (Å²) in [4.78, 5) is 50.3. The second kappa shape index (κ2) is 18.2. The van der Waals surface area contributed by atoms with Crippen molar-refractivity contribution in [2.24, 2.45) is 0 Å². The zero-order valence-corrected chi connectivity index (χ0v) is 28.4. The molecule has 14 heteroatoms. The Balaban J connectivity index is 0.00000169. The van der Waals surface area contributed by atoms with Gasteiger partial charge >= 0.3 is 6.09 Å². The molecule has 1 aliphatic rings. The van der Waals surface area contributed by atoms with E-state index in [1.165, 1.54) is 38.2 Å². The molecule has 0 spiro atoms. The van der Waals surface area contributed by atoms with Gasteiger partial charge in [-0.25, -0.2) is 9.78 Å². The quantitative estimate of drug-likeness (QED) is 0.285. The van der Waals surface area contributed by atoms with Gasteiger partial charge in [0, 0.05) is 55.9 Å². The van der Waals surface area contributed by atoms with Crippen LogP contribution in [0.3, 0.4) is 0 Å². The van der Waals surface area contributed by atoms with Crippen LogP contribution in [0.5, 0.6) is 11.5 Å². The van der Waals surface area contributed by atoms with Gasteiger partial charge in [-0.2, -0.15) is 4.98 Å². The zero-order chi connectivity index (χ0) is 33.7. The smallest absolute Gasteiger partial charge is 0.413 e. The van der Waals surface area contributed by atoms with Crippen molar-refractivity contribution in [3.63, 3.8) is 0 Å². The second-order valence-electron chi connectivity index (χ2n) is 9.11. The van der Waals surface area contributed by atoms with Crippen LogP contribution in [-0.2, 0) is 16.1 Å². The molecular formula is C31H42Cl2N6O6. The molecule has 2 aromatic heterocycles. The Labute approximate surface area is 273 Å². The van der Waals surface area contributed by atoms with E-state index in [0.717, 1.165) is 0 Å². The highest BCUT2D eigenvalue weighted by Gasteiger charge is 2.24. The van der Waals surface area contributed by atoms with E-state index in [1.807, 2.05) is 27.7 Å². The number of ether oxygens (including phenoxy) is 3. The van der Waals surface area contributed by atoms with Gasteiger partial charge in [-0.05, 0) is 25.1 Å². The maximum atomic E-state index is 14.0. The molecule has 1 N–H and O–H groups in total. The molecule has 1 fully saturated rings. The summed E-state index contributed by atoms with van der Waals surface area (Å²) in [6.07, 6.45) is 2.66. The molecule has 0 bridgehead atoms. The van der Waals surface area contributed by atoms with E-state index in [2.05, 4.69) is 31.5 Å². The third-order valence-electron chi connectivity index (χ3n) is 6.78. The summed E-state index contributed by atoms with van der Waals surface area (Å²) in [5, 5.41) is 3.25. The number of hydrogen-bond donors (Lipinski definition) is 1. The van der Waals surface area contributed by atoms with E-state index in [4.69, 9.17) is 32.7 Å². The first-order valence-corrected chi connectivity index (χ1v) is 15.5. The summed E-state index contributed by atoms with van der Waals surface area (Å²) in [5.41, 5.74) is 0.368. The minimum Gasteiger partial charge on any atom is -0.495 e. The third kappa shape index (κ3) is 8.86. The SMILES string of the molecule is C=CC(=O)N1CCN(CCCn2c(=O)c(-c3c(Cl)c(OC)cc(OC)c3Cl)cc3cnc(NC(=O)OC)nc32)CC1.CC.CC. The van der Waals surface area contributed by atoms with Crippen LogP contribution in [0.1, 0.15) is 34.1 Å². The Morgan fingerprint density at radius 1 is 0.978 bits per heavy atom. The van der Waals surface area contributed by atoms with Gasteiger partial charge in [0.15, 0.2) is 0 Å². The van der Waals surface area contributed by atoms with Gasteiger partial charge in [0.2, 0.25) is 11.9 Å². The molecule has 0 saturated carbocycles. The molecule has 0 radical (unpaired) electrons. The van der Waals surface area contributed by atoms with Crippen LogP contribution in [0.15, 0.2) is 35.8 Å². The summed E-state index contributed by atoms with van der Waals surface area (Å²) in [6.45, 7) is 15.1. The van der Waals surface area contributed by atoms with Gasteiger partial charge in [-0.15, -0.1) is 0 Å². The molecule has 1 aliphatic heterocycles. The number of carbonyl (C=O) groups excluding carboxylic acids is 2. The number of benzene rings is 1. The van der Waals surface area contributed by atoms with Crippen LogP contribution in [-0.4, -0.2) is 90.4 Å². The van der Waals surface area contributed by atoms with Gasteiger partial charge in [-0.1, -0.05) is 57.5 Å². The standard InChI is InChI=1S/C27H30Cl2N6O6.2C2H6/c1-5-20(36)34-11-9-33(10-12-34)7-6-8-35-24-16(15-30-26(31-24)32-27(38)41-4)13-17(25(35)37)21-22(28)18(39-2)14-19(40-3)23(21)29;2*1-2/h5,13-15H,1,6-12H2,2-4H3,(H,30,31,32,38);2*1-2H3. The van der Waals surface area contributed by atoms with E-state index in [9.17, 15) is 14.4 Å². The summed E-state index contributed by atoms with van der Waals surface area (Å²) in [6, 6.07) is 3.14. The number of methoxy groups -OCH3 is 3. The highest BCUT2D eigenvalue weighted by atomic mass is 35.5. The van der Waals surface area contributed by atoms with Crippen molar-refractivity contribution >= 4 is 52.2 Å². The molecule has 3 heterocycles. The number of anilines is 1. The maximum Gasteiger partial charge on any atom is 0.413 e. The van der Waals surface area contributed by atoms with Crippen LogP contribution in [0, 0.1) is 0 Å². The van der Waals surface area contributed by atoms with Crippen LogP contribution in [0.4, 0.5) is 10.7 Å². The van der Waals surface area contributed by atoms with Crippen molar-refractivity contribution in [3.05, 3.63) is 51.4 Å². The van der Waals surface area contributed by atoms with Gasteiger partial charge in [-0.3, -0.25) is 24.4 Å². The average molecular weight is 666 g/mol. The van der Waals surface area contributed by atoms with E-state index < -0.39 is 11.7 Å². The van der Waals surface area contributed by atoms with Crippen molar-refractivity contribution in [2.75, 3.05) is 59.4 Å². The number of hydrogen-bond acceptors (Lipinski definition) is 9. The van der Waals surface area contributed by atoms with E-state index in [1.54, 1.807) is 17.0 Å². The minimum absolute atomic E-state index is 0.0210. The minimum atomic E-state index is -0.744. The number of carbonyl (C=O) groups is 2. The van der Waals surface area contributed by atoms with Crippen LogP contribution in [0.2, 0.25) is 10.0 Å². The van der Waals surface area contributed by atoms with Crippen molar-refractivity contribution in [1.29, 1.82) is 0 Å². The lowest BCUT2D eigenvalue weighted by molar-refractivity contribution is -0.127. The maximum absolute atomic E-state index is 14.0. The molecule has 45 heavy (non-hydrogen) atoms. The van der Waals surface area contributed by atoms with Crippen molar-refractivity contribution in [1.82, 2.24) is 24.3 Å². The molecular weight excluding hydrogens is 623 g/mol. The number of rotatable bonds is 9. The fourth-order valence-electron chi connectivity index (χ4n) is 4.64. The highest BCUT2D eigenvalue weighted by Crippen LogP contribution is 2.45. The van der Waals surface area contributed by atoms with E-state index in [-0.39, 0.29) is 44.5 Å². The van der Waals surface area contributed by atoms with Gasteiger partial charge < -0.3 is 19.1 Å². The number of pyridine rings is 1. The Morgan fingerprint density at radius 2 is 1.58 bits per heavy atom. The molecule has 1 aromatic carbocycles. The number of nitrogens with zero attached hydrogens (tertiary/aromatic N) is 5. The molecule has 0 aliphatic carbocycles. The predicted octanol–water partition coefficient (Wildman–Crippen LogP) is 5.73. The summed E-state index contributed by atoms with van der Waals surface area (Å²) >= 11 is 13.3. The molecule has 1 saturated heterocycles. The number of amides is 2. The first-order chi connectivity index (χ1) is 21.7. The first kappa shape index (κ1) is 37.3. The lowest BCUT2D eigenvalue weighted by Gasteiger charge is -2.34. The largest absolute Gasteiger partial charge is 0.495 e. The zero-order valence-electron chi connectivity index (χ0n) is 26.9. The number of piperazine rings is 1. The van der Waals surface area contributed by atoms with E-state index in [0.29, 0.717) is 56.7 Å². The molecule has 0 unspecified atom stereocenters. The van der Waals surface area contributed by atoms with Crippen LogP contribution in [0.25, 0.3) is 22.2 Å². The van der Waals surface area contributed by atoms with Gasteiger partial charge in [0.1, 0.15) is 17.1 Å². The fraction of sp³-hybridized carbons (Fsp3) is 0.452. The number of aryl methyl sites for hydroxylation is 1. The summed E-state index contributed by atoms with van der Waals surface area (Å²) in [7, 11) is 4.13. The predicted molar refractivity (Wildman–Crippen MR) is 179 cm³/mol. The summed E-state index contributed by atoms with van der Waals surface area (Å²) < 4.78 is 16.9. The number of aromatic nitrogens is 3. The van der Waals surface area contributed by atoms with Gasteiger partial charge in [0.25, 0.3) is 5.56 Å².